The number of hydrogen-bond donors (Lipinski definition) is 0. The Balaban J connectivity index is 1.35. The average molecular weight is 358 g/mol. The van der Waals surface area contributed by atoms with Gasteiger partial charge >= 0.3 is 0 Å². The number of ether oxygens (including phenoxy) is 1. The Labute approximate surface area is 161 Å². The van der Waals surface area contributed by atoms with Crippen LogP contribution in [0, 0.1) is 0 Å². The van der Waals surface area contributed by atoms with Crippen molar-refractivity contribution in [3.05, 3.63) is 84.4 Å². The number of rotatable bonds is 5. The molecule has 0 aliphatic carbocycles. The zero-order valence-electron chi connectivity index (χ0n) is 15.8. The van der Waals surface area contributed by atoms with Crippen LogP contribution in [0.15, 0.2) is 78.9 Å². The molecule has 1 aliphatic rings. The van der Waals surface area contributed by atoms with E-state index in [0.29, 0.717) is 0 Å². The average Bonchev–Trinajstić information content (AvgIpc) is 2.75. The fourth-order valence-corrected chi connectivity index (χ4v) is 3.73. The third-order valence-corrected chi connectivity index (χ3v) is 5.27. The van der Waals surface area contributed by atoms with Crippen LogP contribution < -0.4 is 9.64 Å². The van der Waals surface area contributed by atoms with Gasteiger partial charge in [-0.2, -0.15) is 0 Å². The van der Waals surface area contributed by atoms with Crippen LogP contribution in [0.3, 0.4) is 0 Å². The molecule has 0 unspecified atom stereocenters. The minimum atomic E-state index is 0.961. The number of methoxy groups -OCH3 is 1. The molecule has 0 amide bonds. The lowest BCUT2D eigenvalue weighted by Crippen LogP contribution is -2.46. The second-order valence-electron chi connectivity index (χ2n) is 7.00. The number of hydrogen-bond acceptors (Lipinski definition) is 3. The first-order chi connectivity index (χ1) is 13.3. The summed E-state index contributed by atoms with van der Waals surface area (Å²) in [5.74, 6) is 0.961. The van der Waals surface area contributed by atoms with Crippen molar-refractivity contribution >= 4 is 5.69 Å². The molecule has 0 aromatic heterocycles. The first-order valence-electron chi connectivity index (χ1n) is 9.58. The summed E-state index contributed by atoms with van der Waals surface area (Å²) in [5, 5.41) is 0. The zero-order valence-corrected chi connectivity index (χ0v) is 15.8. The molecule has 1 aliphatic heterocycles. The molecule has 138 valence electrons. The van der Waals surface area contributed by atoms with Crippen LogP contribution in [0.1, 0.15) is 5.56 Å². The van der Waals surface area contributed by atoms with Gasteiger partial charge in [-0.25, -0.2) is 0 Å². The summed E-state index contributed by atoms with van der Waals surface area (Å²) in [6.07, 6.45) is 0. The van der Waals surface area contributed by atoms with E-state index >= 15 is 0 Å². The Morgan fingerprint density at radius 3 is 2.04 bits per heavy atom. The summed E-state index contributed by atoms with van der Waals surface area (Å²) >= 11 is 0. The van der Waals surface area contributed by atoms with E-state index in [2.05, 4.69) is 76.5 Å². The fraction of sp³-hybridized carbons (Fsp3) is 0.250. The summed E-state index contributed by atoms with van der Waals surface area (Å²) in [5.41, 5.74) is 5.13. The smallest absolute Gasteiger partial charge is 0.142 e. The predicted octanol–water partition coefficient (Wildman–Crippen LogP) is 4.68. The van der Waals surface area contributed by atoms with Crippen molar-refractivity contribution in [2.75, 3.05) is 38.2 Å². The highest BCUT2D eigenvalue weighted by atomic mass is 16.5. The molecule has 3 heteroatoms. The van der Waals surface area contributed by atoms with Gasteiger partial charge in [0, 0.05) is 32.7 Å². The van der Waals surface area contributed by atoms with Crippen molar-refractivity contribution in [2.24, 2.45) is 0 Å². The number of benzene rings is 3. The van der Waals surface area contributed by atoms with Crippen molar-refractivity contribution < 1.29 is 4.74 Å². The van der Waals surface area contributed by atoms with Crippen molar-refractivity contribution in [1.29, 1.82) is 0 Å². The predicted molar refractivity (Wildman–Crippen MR) is 112 cm³/mol. The minimum Gasteiger partial charge on any atom is -0.495 e. The fourth-order valence-electron chi connectivity index (χ4n) is 3.73. The maximum Gasteiger partial charge on any atom is 0.142 e. The van der Waals surface area contributed by atoms with E-state index in [-0.39, 0.29) is 0 Å². The molecule has 1 fully saturated rings. The number of piperazine rings is 1. The first-order valence-corrected chi connectivity index (χ1v) is 9.58. The molecule has 0 saturated carbocycles. The van der Waals surface area contributed by atoms with E-state index in [1.54, 1.807) is 7.11 Å². The van der Waals surface area contributed by atoms with Gasteiger partial charge in [0.2, 0.25) is 0 Å². The van der Waals surface area contributed by atoms with E-state index in [4.69, 9.17) is 4.74 Å². The summed E-state index contributed by atoms with van der Waals surface area (Å²) in [4.78, 5) is 4.96. The molecule has 0 spiro atoms. The van der Waals surface area contributed by atoms with Crippen LogP contribution in [0.25, 0.3) is 11.1 Å². The lowest BCUT2D eigenvalue weighted by atomic mass is 10.0. The van der Waals surface area contributed by atoms with Gasteiger partial charge < -0.3 is 9.64 Å². The third-order valence-electron chi connectivity index (χ3n) is 5.27. The molecule has 0 bridgehead atoms. The molecule has 1 heterocycles. The maximum atomic E-state index is 5.51. The Bertz CT molecular complexity index is 853. The molecule has 3 nitrogen and oxygen atoms in total. The van der Waals surface area contributed by atoms with E-state index in [1.807, 2.05) is 12.1 Å². The largest absolute Gasteiger partial charge is 0.495 e. The third kappa shape index (κ3) is 4.15. The Hall–Kier alpha value is -2.78. The van der Waals surface area contributed by atoms with Crippen LogP contribution in [0.5, 0.6) is 5.75 Å². The van der Waals surface area contributed by atoms with Gasteiger partial charge in [0.25, 0.3) is 0 Å². The van der Waals surface area contributed by atoms with Gasteiger partial charge in [-0.05, 0) is 28.8 Å². The van der Waals surface area contributed by atoms with Crippen LogP contribution in [0.4, 0.5) is 5.69 Å². The molecule has 1 saturated heterocycles. The molecule has 3 aromatic carbocycles. The van der Waals surface area contributed by atoms with Gasteiger partial charge in [-0.15, -0.1) is 0 Å². The molecule has 3 aromatic rings. The summed E-state index contributed by atoms with van der Waals surface area (Å²) in [6.45, 7) is 5.21. The quantitative estimate of drug-likeness (QED) is 0.658. The normalized spacial score (nSPS) is 14.9. The Morgan fingerprint density at radius 2 is 1.33 bits per heavy atom. The minimum absolute atomic E-state index is 0.961. The molecule has 0 radical (unpaired) electrons. The van der Waals surface area contributed by atoms with E-state index in [0.717, 1.165) is 38.5 Å². The van der Waals surface area contributed by atoms with E-state index in [1.165, 1.54) is 22.4 Å². The van der Waals surface area contributed by atoms with Gasteiger partial charge in [-0.3, -0.25) is 4.90 Å². The van der Waals surface area contributed by atoms with Gasteiger partial charge in [0.15, 0.2) is 0 Å². The van der Waals surface area contributed by atoms with Crippen molar-refractivity contribution in [3.63, 3.8) is 0 Å². The lowest BCUT2D eigenvalue weighted by Gasteiger charge is -2.36. The SMILES string of the molecule is COc1ccccc1N1CCN(Cc2ccc(-c3ccccc3)cc2)CC1. The summed E-state index contributed by atoms with van der Waals surface area (Å²) in [7, 11) is 1.74. The van der Waals surface area contributed by atoms with Crippen LogP contribution in [-0.4, -0.2) is 38.2 Å². The lowest BCUT2D eigenvalue weighted by molar-refractivity contribution is 0.249. The molecule has 0 N–H and O–H groups in total. The zero-order chi connectivity index (χ0) is 18.5. The summed E-state index contributed by atoms with van der Waals surface area (Å²) < 4.78 is 5.51. The topological polar surface area (TPSA) is 15.7 Å². The molecule has 4 rings (SSSR count). The Kier molecular flexibility index (Phi) is 5.40. The van der Waals surface area contributed by atoms with Crippen molar-refractivity contribution in [2.45, 2.75) is 6.54 Å². The monoisotopic (exact) mass is 358 g/mol. The van der Waals surface area contributed by atoms with E-state index in [9.17, 15) is 0 Å². The number of nitrogens with zero attached hydrogens (tertiary/aromatic N) is 2. The molecular weight excluding hydrogens is 332 g/mol. The number of anilines is 1. The summed E-state index contributed by atoms with van der Waals surface area (Å²) in [6, 6.07) is 27.8. The highest BCUT2D eigenvalue weighted by Gasteiger charge is 2.19. The Morgan fingerprint density at radius 1 is 0.704 bits per heavy atom. The second kappa shape index (κ2) is 8.28. The number of para-hydroxylation sites is 2. The van der Waals surface area contributed by atoms with Gasteiger partial charge in [0.05, 0.1) is 12.8 Å². The van der Waals surface area contributed by atoms with Gasteiger partial charge in [-0.1, -0.05) is 66.7 Å². The second-order valence-corrected chi connectivity index (χ2v) is 7.00. The molecule has 27 heavy (non-hydrogen) atoms. The molecular formula is C24H26N2O. The van der Waals surface area contributed by atoms with Crippen molar-refractivity contribution in [3.8, 4) is 16.9 Å². The van der Waals surface area contributed by atoms with Crippen LogP contribution in [-0.2, 0) is 6.54 Å². The maximum absolute atomic E-state index is 5.51. The van der Waals surface area contributed by atoms with Crippen LogP contribution in [0.2, 0.25) is 0 Å². The van der Waals surface area contributed by atoms with E-state index < -0.39 is 0 Å². The van der Waals surface area contributed by atoms with Crippen LogP contribution >= 0.6 is 0 Å². The van der Waals surface area contributed by atoms with Gasteiger partial charge in [0.1, 0.15) is 5.75 Å². The first kappa shape index (κ1) is 17.6. The standard InChI is InChI=1S/C24H26N2O/c1-27-24-10-6-5-9-23(24)26-17-15-25(16-18-26)19-20-11-13-22(14-12-20)21-7-3-2-4-8-21/h2-14H,15-19H2,1H3. The highest BCUT2D eigenvalue weighted by molar-refractivity contribution is 5.63. The molecule has 0 atom stereocenters. The highest BCUT2D eigenvalue weighted by Crippen LogP contribution is 2.28. The van der Waals surface area contributed by atoms with Crippen molar-refractivity contribution in [1.82, 2.24) is 4.90 Å².